The highest BCUT2D eigenvalue weighted by molar-refractivity contribution is 9.10. The summed E-state index contributed by atoms with van der Waals surface area (Å²) in [6.45, 7) is 3.40. The van der Waals surface area contributed by atoms with Crippen molar-refractivity contribution in [1.29, 1.82) is 0 Å². The molecule has 1 aliphatic rings. The van der Waals surface area contributed by atoms with Gasteiger partial charge in [-0.3, -0.25) is 4.68 Å². The maximum atomic E-state index is 10.8. The van der Waals surface area contributed by atoms with E-state index < -0.39 is 6.10 Å². The zero-order valence-electron chi connectivity index (χ0n) is 11.3. The van der Waals surface area contributed by atoms with Crippen LogP contribution < -0.4 is 4.74 Å². The Balaban J connectivity index is 1.99. The summed E-state index contributed by atoms with van der Waals surface area (Å²) < 4.78 is 8.36. The summed E-state index contributed by atoms with van der Waals surface area (Å²) in [4.78, 5) is 0. The second kappa shape index (κ2) is 5.58. The fourth-order valence-corrected chi connectivity index (χ4v) is 3.34. The maximum absolute atomic E-state index is 10.8. The van der Waals surface area contributed by atoms with Crippen LogP contribution in [0.15, 0.2) is 34.9 Å². The number of aromatic nitrogens is 2. The Hall–Kier alpha value is -1.33. The molecule has 2 heterocycles. The normalized spacial score (nSPS) is 19.2. The molecule has 0 amide bonds. The van der Waals surface area contributed by atoms with Crippen molar-refractivity contribution in [3.8, 4) is 5.75 Å². The summed E-state index contributed by atoms with van der Waals surface area (Å²) >= 11 is 3.49. The van der Waals surface area contributed by atoms with Gasteiger partial charge < -0.3 is 9.84 Å². The number of rotatable bonds is 3. The number of para-hydroxylation sites is 1. The molecular weight excluding hydrogens is 320 g/mol. The summed E-state index contributed by atoms with van der Waals surface area (Å²) in [7, 11) is 0. The van der Waals surface area contributed by atoms with E-state index in [1.54, 1.807) is 6.20 Å². The zero-order chi connectivity index (χ0) is 14.1. The van der Waals surface area contributed by atoms with E-state index in [9.17, 15) is 5.11 Å². The molecule has 0 bridgehead atoms. The lowest BCUT2D eigenvalue weighted by atomic mass is 9.87. The number of nitrogens with zero attached hydrogens (tertiary/aromatic N) is 2. The average molecular weight is 337 g/mol. The minimum Gasteiger partial charge on any atom is -0.493 e. The molecule has 106 valence electrons. The van der Waals surface area contributed by atoms with E-state index in [4.69, 9.17) is 4.74 Å². The molecule has 1 N–H and O–H groups in total. The third kappa shape index (κ3) is 2.25. The van der Waals surface area contributed by atoms with Crippen LogP contribution in [0, 0.1) is 0 Å². The van der Waals surface area contributed by atoms with E-state index >= 15 is 0 Å². The number of aliphatic hydroxyl groups is 1. The fraction of sp³-hybridized carbons (Fsp3) is 0.400. The summed E-state index contributed by atoms with van der Waals surface area (Å²) in [5, 5.41) is 15.1. The summed E-state index contributed by atoms with van der Waals surface area (Å²) in [6, 6.07) is 7.93. The van der Waals surface area contributed by atoms with Crippen molar-refractivity contribution in [3.63, 3.8) is 0 Å². The molecule has 4 nitrogen and oxygen atoms in total. The highest BCUT2D eigenvalue weighted by Crippen LogP contribution is 2.42. The Labute approximate surface area is 126 Å². The lowest BCUT2D eigenvalue weighted by Gasteiger charge is -2.30. The molecule has 5 heteroatoms. The van der Waals surface area contributed by atoms with Gasteiger partial charge in [0.1, 0.15) is 11.9 Å². The van der Waals surface area contributed by atoms with Crippen LogP contribution in [0.5, 0.6) is 5.75 Å². The van der Waals surface area contributed by atoms with Crippen LogP contribution in [-0.2, 0) is 6.54 Å². The predicted molar refractivity (Wildman–Crippen MR) is 79.9 cm³/mol. The van der Waals surface area contributed by atoms with Crippen LogP contribution >= 0.6 is 15.9 Å². The molecule has 1 aromatic carbocycles. The first-order valence-corrected chi connectivity index (χ1v) is 7.62. The van der Waals surface area contributed by atoms with Crippen LogP contribution in [0.1, 0.15) is 36.6 Å². The van der Waals surface area contributed by atoms with Crippen LogP contribution in [0.4, 0.5) is 0 Å². The Morgan fingerprint density at radius 3 is 3.10 bits per heavy atom. The number of aliphatic hydroxyl groups excluding tert-OH is 1. The number of halogens is 1. The number of aryl methyl sites for hydroxylation is 1. The van der Waals surface area contributed by atoms with Crippen molar-refractivity contribution in [2.24, 2.45) is 0 Å². The van der Waals surface area contributed by atoms with Crippen molar-refractivity contribution in [2.75, 3.05) is 6.61 Å². The number of fused-ring (bicyclic) bond motifs is 1. The molecule has 0 aliphatic carbocycles. The lowest BCUT2D eigenvalue weighted by Crippen LogP contribution is -2.22. The highest BCUT2D eigenvalue weighted by Gasteiger charge is 2.31. The van der Waals surface area contributed by atoms with Crippen molar-refractivity contribution in [2.45, 2.75) is 31.9 Å². The molecule has 0 saturated heterocycles. The Morgan fingerprint density at radius 2 is 2.30 bits per heavy atom. The molecule has 1 aliphatic heterocycles. The number of benzene rings is 1. The van der Waals surface area contributed by atoms with Gasteiger partial charge in [0.05, 0.1) is 23.0 Å². The van der Waals surface area contributed by atoms with Gasteiger partial charge in [0, 0.05) is 18.0 Å². The molecule has 1 aromatic heterocycles. The van der Waals surface area contributed by atoms with Crippen LogP contribution in [0.25, 0.3) is 0 Å². The van der Waals surface area contributed by atoms with Crippen molar-refractivity contribution in [3.05, 3.63) is 46.2 Å². The smallest absolute Gasteiger partial charge is 0.122 e. The van der Waals surface area contributed by atoms with Crippen LogP contribution in [0.3, 0.4) is 0 Å². The molecule has 3 rings (SSSR count). The number of ether oxygens (including phenoxy) is 1. The zero-order valence-corrected chi connectivity index (χ0v) is 12.9. The largest absolute Gasteiger partial charge is 0.493 e. The van der Waals surface area contributed by atoms with Gasteiger partial charge in [-0.1, -0.05) is 18.2 Å². The van der Waals surface area contributed by atoms with E-state index in [0.717, 1.165) is 34.4 Å². The fourth-order valence-electron chi connectivity index (χ4n) is 2.81. The van der Waals surface area contributed by atoms with Gasteiger partial charge >= 0.3 is 0 Å². The third-order valence-electron chi connectivity index (χ3n) is 3.80. The number of hydrogen-bond acceptors (Lipinski definition) is 3. The van der Waals surface area contributed by atoms with E-state index in [-0.39, 0.29) is 5.92 Å². The molecule has 0 spiro atoms. The SMILES string of the molecule is CCn1ncc(Br)c1C(O)C1CCOc2ccccc21. The van der Waals surface area contributed by atoms with Crippen LogP contribution in [-0.4, -0.2) is 21.5 Å². The highest BCUT2D eigenvalue weighted by atomic mass is 79.9. The predicted octanol–water partition coefficient (Wildman–Crippen LogP) is 3.27. The summed E-state index contributed by atoms with van der Waals surface area (Å²) in [5.74, 6) is 0.916. The quantitative estimate of drug-likeness (QED) is 0.935. The van der Waals surface area contributed by atoms with Gasteiger partial charge in [-0.15, -0.1) is 0 Å². The summed E-state index contributed by atoms with van der Waals surface area (Å²) in [6.07, 6.45) is 1.96. The summed E-state index contributed by atoms with van der Waals surface area (Å²) in [5.41, 5.74) is 1.91. The molecule has 2 aromatic rings. The molecule has 0 fully saturated rings. The first-order valence-electron chi connectivity index (χ1n) is 6.83. The van der Waals surface area contributed by atoms with Crippen molar-refractivity contribution < 1.29 is 9.84 Å². The first-order chi connectivity index (χ1) is 9.72. The minimum absolute atomic E-state index is 0.0400. The molecule has 0 radical (unpaired) electrons. The molecule has 20 heavy (non-hydrogen) atoms. The second-order valence-electron chi connectivity index (χ2n) is 4.92. The second-order valence-corrected chi connectivity index (χ2v) is 5.77. The van der Waals surface area contributed by atoms with Gasteiger partial charge in [0.15, 0.2) is 0 Å². The van der Waals surface area contributed by atoms with Gasteiger partial charge in [0.25, 0.3) is 0 Å². The average Bonchev–Trinajstić information content (AvgIpc) is 2.87. The number of hydrogen-bond donors (Lipinski definition) is 1. The van der Waals surface area contributed by atoms with E-state index in [1.807, 2.05) is 35.9 Å². The lowest BCUT2D eigenvalue weighted by molar-refractivity contribution is 0.108. The minimum atomic E-state index is -0.586. The Kier molecular flexibility index (Phi) is 3.81. The van der Waals surface area contributed by atoms with Crippen molar-refractivity contribution >= 4 is 15.9 Å². The Bertz CT molecular complexity index is 612. The van der Waals surface area contributed by atoms with E-state index in [1.165, 1.54) is 0 Å². The molecule has 0 saturated carbocycles. The van der Waals surface area contributed by atoms with Crippen molar-refractivity contribution in [1.82, 2.24) is 9.78 Å². The third-order valence-corrected chi connectivity index (χ3v) is 4.41. The van der Waals surface area contributed by atoms with Gasteiger partial charge in [0.2, 0.25) is 0 Å². The standard InChI is InChI=1S/C15H17BrN2O2/c1-2-18-14(12(16)9-17-18)15(19)11-7-8-20-13-6-4-3-5-10(11)13/h3-6,9,11,15,19H,2,7-8H2,1H3. The molecular formula is C15H17BrN2O2. The van der Waals surface area contributed by atoms with E-state index in [0.29, 0.717) is 6.61 Å². The van der Waals surface area contributed by atoms with Gasteiger partial charge in [-0.25, -0.2) is 0 Å². The maximum Gasteiger partial charge on any atom is 0.122 e. The van der Waals surface area contributed by atoms with Gasteiger partial charge in [-0.05, 0) is 35.3 Å². The monoisotopic (exact) mass is 336 g/mol. The Morgan fingerprint density at radius 1 is 1.50 bits per heavy atom. The molecule has 2 unspecified atom stereocenters. The van der Waals surface area contributed by atoms with Crippen LogP contribution in [0.2, 0.25) is 0 Å². The molecule has 2 atom stereocenters. The topological polar surface area (TPSA) is 47.3 Å². The first kappa shape index (κ1) is 13.6. The van der Waals surface area contributed by atoms with Gasteiger partial charge in [-0.2, -0.15) is 5.10 Å². The van der Waals surface area contributed by atoms with E-state index in [2.05, 4.69) is 21.0 Å².